The number of rotatable bonds is 5. The van der Waals surface area contributed by atoms with Crippen LogP contribution in [0.5, 0.6) is 0 Å². The SMILES string of the molecule is C=C(CC(C)CC(C)C)C(=O)O. The van der Waals surface area contributed by atoms with Crippen molar-refractivity contribution in [2.24, 2.45) is 11.8 Å². The first-order valence-corrected chi connectivity index (χ1v) is 4.34. The van der Waals surface area contributed by atoms with Crippen molar-refractivity contribution in [3.8, 4) is 0 Å². The molecule has 0 aromatic heterocycles. The monoisotopic (exact) mass is 170 g/mol. The summed E-state index contributed by atoms with van der Waals surface area (Å²) in [7, 11) is 0. The quantitative estimate of drug-likeness (QED) is 0.644. The molecule has 0 saturated carbocycles. The van der Waals surface area contributed by atoms with Gasteiger partial charge < -0.3 is 5.11 Å². The van der Waals surface area contributed by atoms with Crippen LogP contribution in [0, 0.1) is 11.8 Å². The number of aliphatic carboxylic acids is 1. The molecular formula is C10H18O2. The van der Waals surface area contributed by atoms with E-state index in [1.807, 2.05) is 0 Å². The molecule has 0 radical (unpaired) electrons. The number of carboxylic acid groups (broad SMARTS) is 1. The van der Waals surface area contributed by atoms with Crippen molar-refractivity contribution in [2.45, 2.75) is 33.6 Å². The maximum atomic E-state index is 10.4. The maximum Gasteiger partial charge on any atom is 0.330 e. The fraction of sp³-hybridized carbons (Fsp3) is 0.700. The van der Waals surface area contributed by atoms with Gasteiger partial charge in [0, 0.05) is 5.57 Å². The molecule has 2 nitrogen and oxygen atoms in total. The Morgan fingerprint density at radius 1 is 1.42 bits per heavy atom. The van der Waals surface area contributed by atoms with Gasteiger partial charge in [-0.15, -0.1) is 0 Å². The molecule has 0 bridgehead atoms. The highest BCUT2D eigenvalue weighted by molar-refractivity contribution is 5.85. The predicted octanol–water partition coefficient (Wildman–Crippen LogP) is 2.70. The lowest BCUT2D eigenvalue weighted by Crippen LogP contribution is -2.06. The maximum absolute atomic E-state index is 10.4. The molecule has 0 aliphatic heterocycles. The molecule has 0 fully saturated rings. The summed E-state index contributed by atoms with van der Waals surface area (Å²) in [6.07, 6.45) is 1.67. The van der Waals surface area contributed by atoms with Gasteiger partial charge in [-0.05, 0) is 24.7 Å². The van der Waals surface area contributed by atoms with Crippen LogP contribution in [0.1, 0.15) is 33.6 Å². The molecule has 70 valence electrons. The fourth-order valence-corrected chi connectivity index (χ4v) is 1.40. The molecule has 12 heavy (non-hydrogen) atoms. The normalized spacial score (nSPS) is 13.0. The lowest BCUT2D eigenvalue weighted by Gasteiger charge is -2.13. The summed E-state index contributed by atoms with van der Waals surface area (Å²) in [5.74, 6) is 0.181. The Kier molecular flexibility index (Phi) is 4.64. The van der Waals surface area contributed by atoms with Crippen LogP contribution in [-0.2, 0) is 4.79 Å². The molecular weight excluding hydrogens is 152 g/mol. The van der Waals surface area contributed by atoms with Crippen LogP contribution in [0.15, 0.2) is 12.2 Å². The van der Waals surface area contributed by atoms with Crippen molar-refractivity contribution in [1.29, 1.82) is 0 Å². The smallest absolute Gasteiger partial charge is 0.330 e. The van der Waals surface area contributed by atoms with Crippen molar-refractivity contribution < 1.29 is 9.90 Å². The molecule has 0 amide bonds. The molecule has 0 saturated heterocycles. The lowest BCUT2D eigenvalue weighted by molar-refractivity contribution is -0.132. The van der Waals surface area contributed by atoms with Crippen molar-refractivity contribution >= 4 is 5.97 Å². The third-order valence-electron chi connectivity index (χ3n) is 1.77. The van der Waals surface area contributed by atoms with Crippen LogP contribution in [-0.4, -0.2) is 11.1 Å². The first kappa shape index (κ1) is 11.2. The van der Waals surface area contributed by atoms with Crippen molar-refractivity contribution in [1.82, 2.24) is 0 Å². The van der Waals surface area contributed by atoms with E-state index in [9.17, 15) is 4.79 Å². The molecule has 1 N–H and O–H groups in total. The zero-order chi connectivity index (χ0) is 9.72. The Morgan fingerprint density at radius 3 is 2.25 bits per heavy atom. The Balaban J connectivity index is 3.76. The lowest BCUT2D eigenvalue weighted by atomic mass is 9.93. The second-order valence-corrected chi connectivity index (χ2v) is 3.85. The standard InChI is InChI=1S/C10H18O2/c1-7(2)5-8(3)6-9(4)10(11)12/h7-8H,4-6H2,1-3H3,(H,11,12). The molecule has 2 heteroatoms. The van der Waals surface area contributed by atoms with Gasteiger partial charge in [0.15, 0.2) is 0 Å². The molecule has 0 rings (SSSR count). The van der Waals surface area contributed by atoms with Crippen LogP contribution in [0.4, 0.5) is 0 Å². The molecule has 0 aliphatic rings. The third-order valence-corrected chi connectivity index (χ3v) is 1.77. The zero-order valence-corrected chi connectivity index (χ0v) is 8.13. The van der Waals surface area contributed by atoms with Gasteiger partial charge in [0.25, 0.3) is 0 Å². The summed E-state index contributed by atoms with van der Waals surface area (Å²) in [6.45, 7) is 9.84. The first-order valence-electron chi connectivity index (χ1n) is 4.34. The topological polar surface area (TPSA) is 37.3 Å². The van der Waals surface area contributed by atoms with E-state index in [4.69, 9.17) is 5.11 Å². The van der Waals surface area contributed by atoms with Gasteiger partial charge >= 0.3 is 5.97 Å². The first-order chi connectivity index (χ1) is 5.43. The average Bonchev–Trinajstić information content (AvgIpc) is 1.84. The molecule has 0 heterocycles. The van der Waals surface area contributed by atoms with Gasteiger partial charge in [-0.25, -0.2) is 4.79 Å². The minimum absolute atomic E-state index is 0.322. The second kappa shape index (κ2) is 4.96. The number of hydrogen-bond acceptors (Lipinski definition) is 1. The van der Waals surface area contributed by atoms with E-state index in [1.165, 1.54) is 0 Å². The molecule has 0 aromatic rings. The number of hydrogen-bond donors (Lipinski definition) is 1. The van der Waals surface area contributed by atoms with Gasteiger partial charge in [-0.2, -0.15) is 0 Å². The summed E-state index contributed by atoms with van der Waals surface area (Å²) >= 11 is 0. The van der Waals surface area contributed by atoms with Gasteiger partial charge in [-0.1, -0.05) is 27.4 Å². The summed E-state index contributed by atoms with van der Waals surface area (Å²) in [5.41, 5.74) is 0.322. The van der Waals surface area contributed by atoms with Crippen molar-refractivity contribution in [2.75, 3.05) is 0 Å². The van der Waals surface area contributed by atoms with Gasteiger partial charge in [-0.3, -0.25) is 0 Å². The van der Waals surface area contributed by atoms with Crippen LogP contribution in [0.25, 0.3) is 0 Å². The van der Waals surface area contributed by atoms with E-state index < -0.39 is 5.97 Å². The minimum atomic E-state index is -0.870. The minimum Gasteiger partial charge on any atom is -0.478 e. The Morgan fingerprint density at radius 2 is 1.92 bits per heavy atom. The highest BCUT2D eigenvalue weighted by atomic mass is 16.4. The summed E-state index contributed by atoms with van der Waals surface area (Å²) in [4.78, 5) is 10.4. The largest absolute Gasteiger partial charge is 0.478 e. The van der Waals surface area contributed by atoms with Crippen LogP contribution in [0.2, 0.25) is 0 Å². The van der Waals surface area contributed by atoms with E-state index in [2.05, 4.69) is 27.4 Å². The molecule has 0 spiro atoms. The molecule has 1 atom stereocenters. The summed E-state index contributed by atoms with van der Waals surface area (Å²) in [5, 5.41) is 8.57. The third kappa shape index (κ3) is 4.94. The van der Waals surface area contributed by atoms with E-state index >= 15 is 0 Å². The van der Waals surface area contributed by atoms with Gasteiger partial charge in [0.1, 0.15) is 0 Å². The molecule has 0 aromatic carbocycles. The van der Waals surface area contributed by atoms with Gasteiger partial charge in [0.2, 0.25) is 0 Å². The van der Waals surface area contributed by atoms with E-state index in [0.29, 0.717) is 23.8 Å². The Hall–Kier alpha value is -0.790. The molecule has 1 unspecified atom stereocenters. The van der Waals surface area contributed by atoms with Crippen molar-refractivity contribution in [3.05, 3.63) is 12.2 Å². The van der Waals surface area contributed by atoms with E-state index in [1.54, 1.807) is 0 Å². The highest BCUT2D eigenvalue weighted by Crippen LogP contribution is 2.18. The van der Waals surface area contributed by atoms with Crippen molar-refractivity contribution in [3.63, 3.8) is 0 Å². The Labute approximate surface area is 74.3 Å². The molecule has 0 aliphatic carbocycles. The highest BCUT2D eigenvalue weighted by Gasteiger charge is 2.10. The van der Waals surface area contributed by atoms with Gasteiger partial charge in [0.05, 0.1) is 0 Å². The van der Waals surface area contributed by atoms with Crippen LogP contribution < -0.4 is 0 Å². The van der Waals surface area contributed by atoms with E-state index in [-0.39, 0.29) is 0 Å². The number of carboxylic acids is 1. The van der Waals surface area contributed by atoms with E-state index in [0.717, 1.165) is 6.42 Å². The number of carbonyl (C=O) groups is 1. The predicted molar refractivity (Wildman–Crippen MR) is 50.0 cm³/mol. The zero-order valence-electron chi connectivity index (χ0n) is 8.13. The van der Waals surface area contributed by atoms with Crippen LogP contribution >= 0.6 is 0 Å². The average molecular weight is 170 g/mol. The fourth-order valence-electron chi connectivity index (χ4n) is 1.40. The summed E-state index contributed by atoms with van der Waals surface area (Å²) in [6, 6.07) is 0. The summed E-state index contributed by atoms with van der Waals surface area (Å²) < 4.78 is 0. The second-order valence-electron chi connectivity index (χ2n) is 3.85. The Bertz CT molecular complexity index is 171. The van der Waals surface area contributed by atoms with Crippen LogP contribution in [0.3, 0.4) is 0 Å².